The van der Waals surface area contributed by atoms with E-state index in [2.05, 4.69) is 35.7 Å². The zero-order chi connectivity index (χ0) is 8.39. The number of hydrogen-bond acceptors (Lipinski definition) is 1. The van der Waals surface area contributed by atoms with E-state index in [-0.39, 0.29) is 0 Å². The second-order valence-corrected chi connectivity index (χ2v) is 3.11. The van der Waals surface area contributed by atoms with Gasteiger partial charge in [-0.3, -0.25) is 0 Å². The highest BCUT2D eigenvalue weighted by Crippen LogP contribution is 2.26. The number of rotatable bonds is 1. The van der Waals surface area contributed by atoms with E-state index in [9.17, 15) is 0 Å². The van der Waals surface area contributed by atoms with E-state index >= 15 is 0 Å². The van der Waals surface area contributed by atoms with E-state index in [0.29, 0.717) is 0 Å². The minimum Gasteiger partial charge on any atom is -0.348 e. The van der Waals surface area contributed by atoms with Crippen LogP contribution in [0.15, 0.2) is 37.0 Å². The van der Waals surface area contributed by atoms with Crippen LogP contribution in [-0.2, 0) is 6.42 Å². The van der Waals surface area contributed by atoms with Crippen molar-refractivity contribution in [3.05, 3.63) is 42.6 Å². The van der Waals surface area contributed by atoms with Gasteiger partial charge in [-0.05, 0) is 30.7 Å². The van der Waals surface area contributed by atoms with Crippen LogP contribution in [0.1, 0.15) is 12.0 Å². The fourth-order valence-electron chi connectivity index (χ4n) is 1.75. The first kappa shape index (κ1) is 7.41. The van der Waals surface area contributed by atoms with E-state index in [4.69, 9.17) is 0 Å². The van der Waals surface area contributed by atoms with Crippen molar-refractivity contribution >= 4 is 5.69 Å². The molecule has 1 aromatic carbocycles. The molecule has 0 atom stereocenters. The van der Waals surface area contributed by atoms with Crippen LogP contribution >= 0.6 is 0 Å². The molecule has 1 aromatic rings. The minimum atomic E-state index is 1.11. The van der Waals surface area contributed by atoms with Crippen molar-refractivity contribution in [2.24, 2.45) is 0 Å². The summed E-state index contributed by atoms with van der Waals surface area (Å²) >= 11 is 0. The summed E-state index contributed by atoms with van der Waals surface area (Å²) in [6, 6.07) is 8.55. The lowest BCUT2D eigenvalue weighted by atomic mass is 10.0. The molecule has 12 heavy (non-hydrogen) atoms. The van der Waals surface area contributed by atoms with Gasteiger partial charge in [0.25, 0.3) is 0 Å². The first-order chi connectivity index (χ1) is 5.92. The summed E-state index contributed by atoms with van der Waals surface area (Å²) < 4.78 is 0. The van der Waals surface area contributed by atoms with Gasteiger partial charge in [0, 0.05) is 12.2 Å². The first-order valence-corrected chi connectivity index (χ1v) is 4.39. The highest BCUT2D eigenvalue weighted by molar-refractivity contribution is 5.57. The summed E-state index contributed by atoms with van der Waals surface area (Å²) in [6.07, 6.45) is 4.36. The molecule has 0 aromatic heterocycles. The number of benzene rings is 1. The summed E-state index contributed by atoms with van der Waals surface area (Å²) in [7, 11) is 0. The van der Waals surface area contributed by atoms with Crippen molar-refractivity contribution in [1.29, 1.82) is 0 Å². The third-order valence-corrected chi connectivity index (χ3v) is 2.37. The minimum absolute atomic E-state index is 1.11. The zero-order valence-electron chi connectivity index (χ0n) is 7.16. The van der Waals surface area contributed by atoms with Gasteiger partial charge in [-0.25, -0.2) is 0 Å². The Labute approximate surface area is 73.3 Å². The molecular weight excluding hydrogens is 146 g/mol. The molecule has 0 bridgehead atoms. The summed E-state index contributed by atoms with van der Waals surface area (Å²) in [4.78, 5) is 2.22. The van der Waals surface area contributed by atoms with E-state index in [1.165, 1.54) is 24.1 Å². The average molecular weight is 159 g/mol. The Balaban J connectivity index is 2.43. The second-order valence-electron chi connectivity index (χ2n) is 3.11. The summed E-state index contributed by atoms with van der Waals surface area (Å²) in [5, 5.41) is 0. The molecule has 0 saturated heterocycles. The molecule has 0 spiro atoms. The van der Waals surface area contributed by atoms with E-state index in [1.54, 1.807) is 0 Å². The molecule has 1 heterocycles. The molecule has 1 heteroatoms. The lowest BCUT2D eigenvalue weighted by molar-refractivity contribution is 0.763. The molecule has 0 amide bonds. The zero-order valence-corrected chi connectivity index (χ0v) is 7.16. The third kappa shape index (κ3) is 1.11. The molecule has 62 valence electrons. The lowest BCUT2D eigenvalue weighted by Crippen LogP contribution is -2.23. The molecule has 1 aliphatic rings. The van der Waals surface area contributed by atoms with Gasteiger partial charge < -0.3 is 4.90 Å². The van der Waals surface area contributed by atoms with Crippen LogP contribution in [0.2, 0.25) is 0 Å². The Morgan fingerprint density at radius 3 is 3.00 bits per heavy atom. The largest absolute Gasteiger partial charge is 0.348 e. The standard InChI is InChI=1S/C11H13N/c1-2-12-9-5-7-10-6-3-4-8-11(10)12/h2-4,6,8H,1,5,7,9H2. The van der Waals surface area contributed by atoms with Crippen molar-refractivity contribution in [1.82, 2.24) is 0 Å². The fraction of sp³-hybridized carbons (Fsp3) is 0.273. The van der Waals surface area contributed by atoms with Gasteiger partial charge >= 0.3 is 0 Å². The Bertz CT molecular complexity index is 291. The van der Waals surface area contributed by atoms with Crippen LogP contribution in [0.5, 0.6) is 0 Å². The van der Waals surface area contributed by atoms with Gasteiger partial charge in [0.2, 0.25) is 0 Å². The number of nitrogens with zero attached hydrogens (tertiary/aromatic N) is 1. The molecule has 0 unspecified atom stereocenters. The normalized spacial score (nSPS) is 15.5. The molecule has 0 saturated carbocycles. The molecule has 0 aliphatic carbocycles. The van der Waals surface area contributed by atoms with Crippen molar-refractivity contribution in [2.75, 3.05) is 11.4 Å². The van der Waals surface area contributed by atoms with Crippen LogP contribution in [0, 0.1) is 0 Å². The van der Waals surface area contributed by atoms with Crippen molar-refractivity contribution in [3.63, 3.8) is 0 Å². The van der Waals surface area contributed by atoms with E-state index in [0.717, 1.165) is 6.54 Å². The number of para-hydroxylation sites is 1. The predicted molar refractivity (Wildman–Crippen MR) is 52.3 cm³/mol. The van der Waals surface area contributed by atoms with Gasteiger partial charge in [-0.1, -0.05) is 24.8 Å². The molecule has 1 nitrogen and oxygen atoms in total. The maximum atomic E-state index is 3.81. The highest BCUT2D eigenvalue weighted by Gasteiger charge is 2.12. The van der Waals surface area contributed by atoms with Crippen LogP contribution in [0.3, 0.4) is 0 Å². The first-order valence-electron chi connectivity index (χ1n) is 4.39. The van der Waals surface area contributed by atoms with Gasteiger partial charge in [-0.15, -0.1) is 0 Å². The van der Waals surface area contributed by atoms with Gasteiger partial charge in [0.15, 0.2) is 0 Å². The maximum absolute atomic E-state index is 3.81. The van der Waals surface area contributed by atoms with E-state index < -0.39 is 0 Å². The number of hydrogen-bond donors (Lipinski definition) is 0. The Morgan fingerprint density at radius 1 is 1.33 bits per heavy atom. The fourth-order valence-corrected chi connectivity index (χ4v) is 1.75. The van der Waals surface area contributed by atoms with Gasteiger partial charge in [0.1, 0.15) is 0 Å². The monoisotopic (exact) mass is 159 g/mol. The van der Waals surface area contributed by atoms with Crippen molar-refractivity contribution in [3.8, 4) is 0 Å². The Kier molecular flexibility index (Phi) is 1.86. The van der Waals surface area contributed by atoms with Crippen molar-refractivity contribution in [2.45, 2.75) is 12.8 Å². The average Bonchev–Trinajstić information content (AvgIpc) is 2.17. The van der Waals surface area contributed by atoms with Gasteiger partial charge in [0.05, 0.1) is 0 Å². The smallest absolute Gasteiger partial charge is 0.0438 e. The third-order valence-electron chi connectivity index (χ3n) is 2.37. The highest BCUT2D eigenvalue weighted by atomic mass is 15.1. The molecule has 0 fully saturated rings. The number of fused-ring (bicyclic) bond motifs is 1. The SMILES string of the molecule is C=CN1CCCc2ccccc21. The summed E-state index contributed by atoms with van der Waals surface area (Å²) in [6.45, 7) is 4.92. The number of aryl methyl sites for hydroxylation is 1. The number of anilines is 1. The van der Waals surface area contributed by atoms with Gasteiger partial charge in [-0.2, -0.15) is 0 Å². The lowest BCUT2D eigenvalue weighted by Gasteiger charge is -2.27. The van der Waals surface area contributed by atoms with Crippen LogP contribution < -0.4 is 4.90 Å². The van der Waals surface area contributed by atoms with Crippen LogP contribution in [0.4, 0.5) is 5.69 Å². The van der Waals surface area contributed by atoms with E-state index in [1.807, 2.05) is 6.20 Å². The summed E-state index contributed by atoms with van der Waals surface area (Å²) in [5.74, 6) is 0. The molecular formula is C11H13N. The summed E-state index contributed by atoms with van der Waals surface area (Å²) in [5.41, 5.74) is 2.78. The quantitative estimate of drug-likeness (QED) is 0.608. The van der Waals surface area contributed by atoms with Crippen LogP contribution in [-0.4, -0.2) is 6.54 Å². The topological polar surface area (TPSA) is 3.24 Å². The Hall–Kier alpha value is -1.24. The molecule has 2 rings (SSSR count). The molecule has 0 N–H and O–H groups in total. The Morgan fingerprint density at radius 2 is 2.17 bits per heavy atom. The second kappa shape index (κ2) is 3.02. The van der Waals surface area contributed by atoms with Crippen LogP contribution in [0.25, 0.3) is 0 Å². The maximum Gasteiger partial charge on any atom is 0.0438 e. The molecule has 0 radical (unpaired) electrons. The predicted octanol–water partition coefficient (Wildman–Crippen LogP) is 2.58. The molecule has 1 aliphatic heterocycles. The van der Waals surface area contributed by atoms with Crippen molar-refractivity contribution < 1.29 is 0 Å².